The van der Waals surface area contributed by atoms with Gasteiger partial charge < -0.3 is 15.8 Å². The topological polar surface area (TPSA) is 66.1 Å². The van der Waals surface area contributed by atoms with E-state index in [1.54, 1.807) is 0 Å². The molecule has 2 heterocycles. The highest BCUT2D eigenvalue weighted by atomic mass is 16.5. The zero-order chi connectivity index (χ0) is 16.0. The fourth-order valence-electron chi connectivity index (χ4n) is 3.37. The van der Waals surface area contributed by atoms with E-state index in [1.165, 1.54) is 19.4 Å². The predicted molar refractivity (Wildman–Crippen MR) is 91.2 cm³/mol. The number of rotatable bonds is 6. The van der Waals surface area contributed by atoms with Gasteiger partial charge in [-0.25, -0.2) is 0 Å². The Morgan fingerprint density at radius 1 is 1.32 bits per heavy atom. The van der Waals surface area contributed by atoms with Crippen LogP contribution in [0.25, 0.3) is 0 Å². The van der Waals surface area contributed by atoms with Crippen molar-refractivity contribution in [2.24, 2.45) is 10.7 Å². The van der Waals surface area contributed by atoms with Gasteiger partial charge in [0.2, 0.25) is 0 Å². The van der Waals surface area contributed by atoms with Gasteiger partial charge in [0.05, 0.1) is 19.8 Å². The number of hydrogen-bond donors (Lipinski definition) is 2. The molecule has 1 atom stereocenters. The monoisotopic (exact) mass is 311 g/mol. The van der Waals surface area contributed by atoms with Gasteiger partial charge in [-0.05, 0) is 39.8 Å². The molecule has 0 saturated carbocycles. The van der Waals surface area contributed by atoms with Crippen molar-refractivity contribution < 1.29 is 4.74 Å². The number of hydrogen-bond acceptors (Lipinski definition) is 4. The Kier molecular flexibility index (Phi) is 6.47. The second kappa shape index (κ2) is 8.13. The van der Waals surface area contributed by atoms with Crippen LogP contribution in [-0.2, 0) is 4.74 Å². The van der Waals surface area contributed by atoms with E-state index >= 15 is 0 Å². The van der Waals surface area contributed by atoms with Crippen molar-refractivity contribution in [1.29, 1.82) is 0 Å². The summed E-state index contributed by atoms with van der Waals surface area (Å²) >= 11 is 0. The molecule has 2 aliphatic heterocycles. The molecule has 0 aromatic rings. The van der Waals surface area contributed by atoms with Crippen LogP contribution < -0.4 is 11.1 Å². The molecule has 128 valence electrons. The minimum atomic E-state index is 0.0267. The van der Waals surface area contributed by atoms with Gasteiger partial charge in [0.1, 0.15) is 0 Å². The average Bonchev–Trinajstić information content (AvgIpc) is 2.99. The lowest BCUT2D eigenvalue weighted by Gasteiger charge is -2.39. The summed E-state index contributed by atoms with van der Waals surface area (Å²) in [5.74, 6) is 0.573. The van der Waals surface area contributed by atoms with Gasteiger partial charge in [-0.2, -0.15) is 0 Å². The Balaban J connectivity index is 1.76. The molecule has 0 aromatic carbocycles. The summed E-state index contributed by atoms with van der Waals surface area (Å²) in [4.78, 5) is 9.51. The molecule has 3 N–H and O–H groups in total. The van der Waals surface area contributed by atoms with E-state index in [-0.39, 0.29) is 5.54 Å². The Morgan fingerprint density at radius 2 is 2.05 bits per heavy atom. The molecule has 1 unspecified atom stereocenters. The third-order valence-corrected chi connectivity index (χ3v) is 4.93. The summed E-state index contributed by atoms with van der Waals surface area (Å²) in [7, 11) is 0. The Hall–Kier alpha value is -0.850. The van der Waals surface area contributed by atoms with Crippen LogP contribution >= 0.6 is 0 Å². The van der Waals surface area contributed by atoms with E-state index in [9.17, 15) is 0 Å². The van der Waals surface area contributed by atoms with Gasteiger partial charge in [0.15, 0.2) is 5.96 Å². The summed E-state index contributed by atoms with van der Waals surface area (Å²) < 4.78 is 5.42. The molecular weight excluding hydrogens is 278 g/mol. The highest BCUT2D eigenvalue weighted by Crippen LogP contribution is 2.17. The van der Waals surface area contributed by atoms with Crippen LogP contribution in [0.5, 0.6) is 0 Å². The summed E-state index contributed by atoms with van der Waals surface area (Å²) in [6.45, 7) is 14.2. The van der Waals surface area contributed by atoms with Gasteiger partial charge in [-0.3, -0.25) is 14.8 Å². The van der Waals surface area contributed by atoms with Crippen molar-refractivity contribution in [3.05, 3.63) is 0 Å². The number of nitrogens with two attached hydrogens (primary N) is 1. The van der Waals surface area contributed by atoms with Crippen LogP contribution in [0.1, 0.15) is 33.6 Å². The van der Waals surface area contributed by atoms with Crippen molar-refractivity contribution in [2.75, 3.05) is 52.5 Å². The Bertz CT molecular complexity index is 366. The Morgan fingerprint density at radius 3 is 2.73 bits per heavy atom. The van der Waals surface area contributed by atoms with E-state index in [1.807, 2.05) is 0 Å². The van der Waals surface area contributed by atoms with Crippen molar-refractivity contribution in [3.8, 4) is 0 Å². The van der Waals surface area contributed by atoms with Crippen molar-refractivity contribution in [2.45, 2.75) is 45.2 Å². The predicted octanol–water partition coefficient (Wildman–Crippen LogP) is 0.486. The maximum Gasteiger partial charge on any atom is 0.188 e. The molecule has 0 aliphatic carbocycles. The minimum Gasteiger partial charge on any atom is -0.379 e. The average molecular weight is 311 g/mol. The number of nitrogens with zero attached hydrogens (tertiary/aromatic N) is 3. The number of guanidine groups is 1. The molecule has 0 spiro atoms. The number of likely N-dealkylation sites (N-methyl/N-ethyl adjacent to an activating group) is 1. The molecule has 2 rings (SSSR count). The van der Waals surface area contributed by atoms with Crippen molar-refractivity contribution in [1.82, 2.24) is 15.1 Å². The fourth-order valence-corrected chi connectivity index (χ4v) is 3.37. The van der Waals surface area contributed by atoms with E-state index < -0.39 is 0 Å². The summed E-state index contributed by atoms with van der Waals surface area (Å²) in [6, 6.07) is 0.603. The molecule has 6 nitrogen and oxygen atoms in total. The smallest absolute Gasteiger partial charge is 0.188 e. The quantitative estimate of drug-likeness (QED) is 0.552. The van der Waals surface area contributed by atoms with Crippen LogP contribution in [0.2, 0.25) is 0 Å². The number of aliphatic imine (C=N–C) groups is 1. The van der Waals surface area contributed by atoms with Crippen LogP contribution in [-0.4, -0.2) is 79.8 Å². The third kappa shape index (κ3) is 4.83. The fraction of sp³-hybridized carbons (Fsp3) is 0.938. The Labute approximate surface area is 135 Å². The van der Waals surface area contributed by atoms with Crippen molar-refractivity contribution in [3.63, 3.8) is 0 Å². The SMILES string of the molecule is CCN1CCCC1CNC(N)=NCC(C)(C)N1CCOCC1. The number of nitrogens with one attached hydrogen (secondary N) is 1. The third-order valence-electron chi connectivity index (χ3n) is 4.93. The van der Waals surface area contributed by atoms with E-state index in [0.29, 0.717) is 18.5 Å². The standard InChI is InChI=1S/C16H33N5O/c1-4-20-7-5-6-14(20)12-18-15(17)19-13-16(2,3)21-8-10-22-11-9-21/h14H,4-13H2,1-3H3,(H3,17,18,19). The van der Waals surface area contributed by atoms with Crippen molar-refractivity contribution >= 4 is 5.96 Å². The normalized spacial score (nSPS) is 25.6. The van der Waals surface area contributed by atoms with E-state index in [0.717, 1.165) is 39.4 Å². The lowest BCUT2D eigenvalue weighted by Crippen LogP contribution is -2.52. The molecule has 0 radical (unpaired) electrons. The lowest BCUT2D eigenvalue weighted by atomic mass is 10.0. The molecule has 6 heteroatoms. The molecule has 2 saturated heterocycles. The second-order valence-corrected chi connectivity index (χ2v) is 6.92. The van der Waals surface area contributed by atoms with E-state index in [4.69, 9.17) is 10.5 Å². The maximum absolute atomic E-state index is 6.05. The number of ether oxygens (including phenoxy) is 1. The lowest BCUT2D eigenvalue weighted by molar-refractivity contribution is -0.00682. The maximum atomic E-state index is 6.05. The number of morpholine rings is 1. The van der Waals surface area contributed by atoms with Gasteiger partial charge in [0.25, 0.3) is 0 Å². The van der Waals surface area contributed by atoms with E-state index in [2.05, 4.69) is 40.9 Å². The first kappa shape index (κ1) is 17.5. The molecule has 0 bridgehead atoms. The first-order valence-electron chi connectivity index (χ1n) is 8.63. The molecule has 0 amide bonds. The van der Waals surface area contributed by atoms with Crippen LogP contribution in [0, 0.1) is 0 Å². The number of likely N-dealkylation sites (tertiary alicyclic amines) is 1. The second-order valence-electron chi connectivity index (χ2n) is 6.92. The van der Waals surface area contributed by atoms with Gasteiger partial charge in [0, 0.05) is 31.2 Å². The highest BCUT2D eigenvalue weighted by Gasteiger charge is 2.28. The van der Waals surface area contributed by atoms with Crippen LogP contribution in [0.15, 0.2) is 4.99 Å². The zero-order valence-corrected chi connectivity index (χ0v) is 14.5. The van der Waals surface area contributed by atoms with Crippen LogP contribution in [0.3, 0.4) is 0 Å². The summed E-state index contributed by atoms with van der Waals surface area (Å²) in [5, 5.41) is 3.31. The van der Waals surface area contributed by atoms with Gasteiger partial charge >= 0.3 is 0 Å². The zero-order valence-electron chi connectivity index (χ0n) is 14.5. The molecule has 0 aromatic heterocycles. The molecular formula is C16H33N5O. The summed E-state index contributed by atoms with van der Waals surface area (Å²) in [6.07, 6.45) is 2.55. The minimum absolute atomic E-state index is 0.0267. The van der Waals surface area contributed by atoms with Gasteiger partial charge in [-0.1, -0.05) is 6.92 Å². The largest absolute Gasteiger partial charge is 0.379 e. The molecule has 2 aliphatic rings. The van der Waals surface area contributed by atoms with Gasteiger partial charge in [-0.15, -0.1) is 0 Å². The molecule has 2 fully saturated rings. The molecule has 22 heavy (non-hydrogen) atoms. The van der Waals surface area contributed by atoms with Crippen LogP contribution in [0.4, 0.5) is 0 Å². The first-order chi connectivity index (χ1) is 10.5. The highest BCUT2D eigenvalue weighted by molar-refractivity contribution is 5.77. The summed E-state index contributed by atoms with van der Waals surface area (Å²) in [5.41, 5.74) is 6.08. The first-order valence-corrected chi connectivity index (χ1v) is 8.63.